The summed E-state index contributed by atoms with van der Waals surface area (Å²) in [5.74, 6) is 1.02. The van der Waals surface area contributed by atoms with Gasteiger partial charge in [-0.05, 0) is 83.1 Å². The molecular weight excluding hydrogens is 490 g/mol. The van der Waals surface area contributed by atoms with Gasteiger partial charge < -0.3 is 14.4 Å². The molecule has 1 amide bonds. The van der Waals surface area contributed by atoms with Crippen molar-refractivity contribution in [3.63, 3.8) is 0 Å². The Morgan fingerprint density at radius 1 is 1.19 bits per heavy atom. The number of hydrogen-bond acceptors (Lipinski definition) is 6. The second-order valence-corrected chi connectivity index (χ2v) is 10.2. The minimum Gasteiger partial charge on any atom is -0.455 e. The zero-order chi connectivity index (χ0) is 26.1. The van der Waals surface area contributed by atoms with Crippen molar-refractivity contribution in [3.05, 3.63) is 58.9 Å². The topological polar surface area (TPSA) is 83.6 Å². The smallest absolute Gasteiger partial charge is 0.414 e. The van der Waals surface area contributed by atoms with Crippen LogP contribution in [0.15, 0.2) is 42.7 Å². The van der Waals surface area contributed by atoms with Crippen molar-refractivity contribution in [3.8, 4) is 28.7 Å². The van der Waals surface area contributed by atoms with Crippen molar-refractivity contribution >= 4 is 23.4 Å². The standard InChI is InChI=1S/C28H30ClN5O3/c1-18-4-6-24-25(34(18)28(35)36-3)8-7-23(27(24)37-26-9-5-21(29)14-19(26)15-30)20-16-31-33(17-20)22-10-12-32(2)13-11-22/h5,7-9,14,16-18,22H,4,6,10-13H2,1-3H3. The van der Waals surface area contributed by atoms with Crippen LogP contribution in [0.25, 0.3) is 11.1 Å². The van der Waals surface area contributed by atoms with E-state index in [1.54, 1.807) is 23.1 Å². The summed E-state index contributed by atoms with van der Waals surface area (Å²) in [6.45, 7) is 4.09. The van der Waals surface area contributed by atoms with E-state index >= 15 is 0 Å². The van der Waals surface area contributed by atoms with Crippen LogP contribution in [0.4, 0.5) is 10.5 Å². The van der Waals surface area contributed by atoms with Gasteiger partial charge in [-0.1, -0.05) is 11.6 Å². The fourth-order valence-electron chi connectivity index (χ4n) is 5.25. The fraction of sp³-hybridized carbons (Fsp3) is 0.393. The number of aromatic nitrogens is 2. The van der Waals surface area contributed by atoms with Crippen LogP contribution in [0.5, 0.6) is 11.5 Å². The number of carbonyl (C=O) groups excluding carboxylic acids is 1. The van der Waals surface area contributed by atoms with Crippen molar-refractivity contribution in [1.29, 1.82) is 5.26 Å². The Bertz CT molecular complexity index is 1360. The van der Waals surface area contributed by atoms with Crippen molar-refractivity contribution in [2.45, 2.75) is 44.7 Å². The lowest BCUT2D eigenvalue weighted by molar-refractivity contribution is 0.175. The fourth-order valence-corrected chi connectivity index (χ4v) is 5.42. The van der Waals surface area contributed by atoms with Crippen LogP contribution < -0.4 is 9.64 Å². The third-order valence-electron chi connectivity index (χ3n) is 7.37. The van der Waals surface area contributed by atoms with Gasteiger partial charge in [-0.25, -0.2) is 4.79 Å². The van der Waals surface area contributed by atoms with Gasteiger partial charge in [0.05, 0.1) is 30.6 Å². The van der Waals surface area contributed by atoms with Crippen LogP contribution in [0.1, 0.15) is 43.4 Å². The SMILES string of the molecule is COC(=O)N1c2ccc(-c3cnn(C4CCN(C)CC4)c3)c(Oc3ccc(Cl)cc3C#N)c2CCC1C. The molecular formula is C28H30ClN5O3. The molecule has 8 nitrogen and oxygen atoms in total. The molecule has 1 fully saturated rings. The number of hydrogen-bond donors (Lipinski definition) is 0. The highest BCUT2D eigenvalue weighted by Crippen LogP contribution is 2.45. The first kappa shape index (κ1) is 25.1. The van der Waals surface area contributed by atoms with Crippen LogP contribution in [0.2, 0.25) is 5.02 Å². The van der Waals surface area contributed by atoms with E-state index in [1.807, 2.05) is 25.3 Å². The van der Waals surface area contributed by atoms with Crippen LogP contribution >= 0.6 is 11.6 Å². The van der Waals surface area contributed by atoms with E-state index in [0.717, 1.165) is 54.7 Å². The van der Waals surface area contributed by atoms with E-state index in [-0.39, 0.29) is 6.04 Å². The molecule has 0 N–H and O–H groups in total. The maximum absolute atomic E-state index is 12.7. The summed E-state index contributed by atoms with van der Waals surface area (Å²) in [4.78, 5) is 16.7. The van der Waals surface area contributed by atoms with Crippen LogP contribution in [0, 0.1) is 11.3 Å². The molecule has 37 heavy (non-hydrogen) atoms. The van der Waals surface area contributed by atoms with Gasteiger partial charge >= 0.3 is 6.09 Å². The normalized spacial score (nSPS) is 18.2. The zero-order valence-electron chi connectivity index (χ0n) is 21.3. The molecule has 0 saturated carbocycles. The molecule has 1 saturated heterocycles. The van der Waals surface area contributed by atoms with E-state index in [1.165, 1.54) is 7.11 Å². The molecule has 0 radical (unpaired) electrons. The number of rotatable bonds is 4. The molecule has 192 valence electrons. The zero-order valence-corrected chi connectivity index (χ0v) is 22.0. The summed E-state index contributed by atoms with van der Waals surface area (Å²) in [6.07, 6.45) is 7.09. The Labute approximate surface area is 221 Å². The molecule has 5 rings (SSSR count). The molecule has 0 aliphatic carbocycles. The Kier molecular flexibility index (Phi) is 7.09. The number of anilines is 1. The van der Waals surface area contributed by atoms with Crippen molar-refractivity contribution in [2.75, 3.05) is 32.1 Å². The maximum Gasteiger partial charge on any atom is 0.414 e. The second-order valence-electron chi connectivity index (χ2n) is 9.77. The summed E-state index contributed by atoms with van der Waals surface area (Å²) >= 11 is 6.13. The highest BCUT2D eigenvalue weighted by molar-refractivity contribution is 6.30. The van der Waals surface area contributed by atoms with E-state index < -0.39 is 6.09 Å². The Hall–Kier alpha value is -3.54. The molecule has 3 heterocycles. The van der Waals surface area contributed by atoms with E-state index in [0.29, 0.717) is 34.5 Å². The summed E-state index contributed by atoms with van der Waals surface area (Å²) in [5, 5.41) is 14.9. The van der Waals surface area contributed by atoms with E-state index in [2.05, 4.69) is 28.9 Å². The first-order valence-corrected chi connectivity index (χ1v) is 12.9. The van der Waals surface area contributed by atoms with Gasteiger partial charge in [0.25, 0.3) is 0 Å². The molecule has 9 heteroatoms. The van der Waals surface area contributed by atoms with Gasteiger partial charge in [0.2, 0.25) is 0 Å². The second kappa shape index (κ2) is 10.4. The minimum absolute atomic E-state index is 0.0176. The minimum atomic E-state index is -0.411. The molecule has 3 aromatic rings. The highest BCUT2D eigenvalue weighted by atomic mass is 35.5. The molecule has 0 bridgehead atoms. The van der Waals surface area contributed by atoms with E-state index in [9.17, 15) is 10.1 Å². The van der Waals surface area contributed by atoms with Gasteiger partial charge in [-0.2, -0.15) is 10.4 Å². The van der Waals surface area contributed by atoms with Crippen LogP contribution in [0.3, 0.4) is 0 Å². The van der Waals surface area contributed by atoms with E-state index in [4.69, 9.17) is 26.2 Å². The number of methoxy groups -OCH3 is 1. The number of likely N-dealkylation sites (tertiary alicyclic amines) is 1. The summed E-state index contributed by atoms with van der Waals surface area (Å²) in [6, 6.07) is 11.4. The quantitative estimate of drug-likeness (QED) is 0.417. The summed E-state index contributed by atoms with van der Waals surface area (Å²) in [7, 11) is 3.53. The predicted molar refractivity (Wildman–Crippen MR) is 142 cm³/mol. The molecule has 2 aromatic carbocycles. The average Bonchev–Trinajstić information content (AvgIpc) is 3.39. The number of benzene rings is 2. The number of piperidine rings is 1. The first-order valence-electron chi connectivity index (χ1n) is 12.5. The molecule has 1 aromatic heterocycles. The maximum atomic E-state index is 12.7. The van der Waals surface area contributed by atoms with Crippen molar-refractivity contribution < 1.29 is 14.3 Å². The number of halogens is 1. The molecule has 2 aliphatic rings. The van der Waals surface area contributed by atoms with Crippen molar-refractivity contribution in [1.82, 2.24) is 14.7 Å². The third kappa shape index (κ3) is 4.89. The van der Waals surface area contributed by atoms with Crippen LogP contribution in [-0.4, -0.2) is 54.1 Å². The number of fused-ring (bicyclic) bond motifs is 1. The number of nitriles is 1. The predicted octanol–water partition coefficient (Wildman–Crippen LogP) is 6.04. The van der Waals surface area contributed by atoms with Gasteiger partial charge in [0.1, 0.15) is 17.6 Å². The Morgan fingerprint density at radius 3 is 2.70 bits per heavy atom. The van der Waals surface area contributed by atoms with Gasteiger partial charge in [0.15, 0.2) is 0 Å². The van der Waals surface area contributed by atoms with Crippen molar-refractivity contribution in [2.24, 2.45) is 0 Å². The molecule has 1 unspecified atom stereocenters. The lowest BCUT2D eigenvalue weighted by Gasteiger charge is -2.35. The Morgan fingerprint density at radius 2 is 1.97 bits per heavy atom. The number of carbonyl (C=O) groups is 1. The third-order valence-corrected chi connectivity index (χ3v) is 7.60. The summed E-state index contributed by atoms with van der Waals surface area (Å²) < 4.78 is 13.6. The highest BCUT2D eigenvalue weighted by Gasteiger charge is 2.33. The largest absolute Gasteiger partial charge is 0.455 e. The lowest BCUT2D eigenvalue weighted by atomic mass is 9.92. The molecule has 1 atom stereocenters. The molecule has 2 aliphatic heterocycles. The Balaban J connectivity index is 1.61. The van der Waals surface area contributed by atoms with Crippen LogP contribution in [-0.2, 0) is 11.2 Å². The van der Waals surface area contributed by atoms with Gasteiger partial charge in [-0.15, -0.1) is 0 Å². The van der Waals surface area contributed by atoms with Gasteiger partial charge in [-0.3, -0.25) is 9.58 Å². The number of amides is 1. The number of nitrogens with zero attached hydrogens (tertiary/aromatic N) is 5. The summed E-state index contributed by atoms with van der Waals surface area (Å²) in [5.41, 5.74) is 3.77. The lowest BCUT2D eigenvalue weighted by Crippen LogP contribution is -2.42. The first-order chi connectivity index (χ1) is 17.9. The molecule has 0 spiro atoms. The monoisotopic (exact) mass is 519 g/mol. The average molecular weight is 520 g/mol. The van der Waals surface area contributed by atoms with Gasteiger partial charge in [0, 0.05) is 34.0 Å². The number of ether oxygens (including phenoxy) is 2.